The molecule has 0 amide bonds. The molecule has 1 aromatic carbocycles. The van der Waals surface area contributed by atoms with Gasteiger partial charge in [0, 0.05) is 18.8 Å². The SMILES string of the molecule is CCCCNCCNc1ccccc1. The Morgan fingerprint density at radius 2 is 1.79 bits per heavy atom. The number of nitrogens with one attached hydrogen (secondary N) is 2. The van der Waals surface area contributed by atoms with Crippen LogP contribution in [0, 0.1) is 0 Å². The Morgan fingerprint density at radius 1 is 1.00 bits per heavy atom. The minimum atomic E-state index is 0.994. The lowest BCUT2D eigenvalue weighted by Gasteiger charge is -2.06. The fourth-order valence-electron chi connectivity index (χ4n) is 1.28. The van der Waals surface area contributed by atoms with Crippen molar-refractivity contribution >= 4 is 5.69 Å². The third-order valence-electron chi connectivity index (χ3n) is 2.11. The highest BCUT2D eigenvalue weighted by molar-refractivity contribution is 5.42. The van der Waals surface area contributed by atoms with Gasteiger partial charge in [0.1, 0.15) is 0 Å². The molecule has 0 fully saturated rings. The summed E-state index contributed by atoms with van der Waals surface area (Å²) in [5.41, 5.74) is 1.20. The van der Waals surface area contributed by atoms with E-state index in [1.54, 1.807) is 0 Å². The van der Waals surface area contributed by atoms with E-state index in [0.29, 0.717) is 0 Å². The predicted octanol–water partition coefficient (Wildman–Crippen LogP) is 2.49. The maximum atomic E-state index is 3.39. The summed E-state index contributed by atoms with van der Waals surface area (Å²) in [5.74, 6) is 0. The highest BCUT2D eigenvalue weighted by Gasteiger charge is 1.88. The smallest absolute Gasteiger partial charge is 0.0340 e. The van der Waals surface area contributed by atoms with Gasteiger partial charge in [0.2, 0.25) is 0 Å². The predicted molar refractivity (Wildman–Crippen MR) is 62.7 cm³/mol. The number of anilines is 1. The molecule has 2 heteroatoms. The van der Waals surface area contributed by atoms with Gasteiger partial charge in [0.25, 0.3) is 0 Å². The summed E-state index contributed by atoms with van der Waals surface area (Å²) in [7, 11) is 0. The molecule has 2 nitrogen and oxygen atoms in total. The molecule has 0 aliphatic heterocycles. The number of unbranched alkanes of at least 4 members (excludes halogenated alkanes) is 1. The van der Waals surface area contributed by atoms with Crippen molar-refractivity contribution in [1.82, 2.24) is 5.32 Å². The van der Waals surface area contributed by atoms with Crippen molar-refractivity contribution in [2.75, 3.05) is 25.0 Å². The molecule has 0 aliphatic rings. The molecule has 14 heavy (non-hydrogen) atoms. The summed E-state index contributed by atoms with van der Waals surface area (Å²) in [6, 6.07) is 10.3. The van der Waals surface area contributed by atoms with E-state index >= 15 is 0 Å². The van der Waals surface area contributed by atoms with Gasteiger partial charge in [0.05, 0.1) is 0 Å². The van der Waals surface area contributed by atoms with E-state index in [2.05, 4.69) is 29.7 Å². The molecule has 0 saturated carbocycles. The zero-order valence-corrected chi connectivity index (χ0v) is 8.92. The Labute approximate surface area is 86.7 Å². The van der Waals surface area contributed by atoms with Crippen LogP contribution in [0.2, 0.25) is 0 Å². The Balaban J connectivity index is 1.99. The monoisotopic (exact) mass is 192 g/mol. The molecule has 2 N–H and O–H groups in total. The van der Waals surface area contributed by atoms with Crippen LogP contribution in [-0.2, 0) is 0 Å². The lowest BCUT2D eigenvalue weighted by molar-refractivity contribution is 0.652. The van der Waals surface area contributed by atoms with Crippen molar-refractivity contribution in [2.45, 2.75) is 19.8 Å². The second-order valence-electron chi connectivity index (χ2n) is 3.40. The van der Waals surface area contributed by atoms with Gasteiger partial charge < -0.3 is 10.6 Å². The summed E-state index contributed by atoms with van der Waals surface area (Å²) < 4.78 is 0. The number of hydrogen-bond donors (Lipinski definition) is 2. The Kier molecular flexibility index (Phi) is 5.84. The highest BCUT2D eigenvalue weighted by atomic mass is 14.9. The van der Waals surface area contributed by atoms with E-state index in [1.807, 2.05) is 18.2 Å². The third-order valence-corrected chi connectivity index (χ3v) is 2.11. The number of para-hydroxylation sites is 1. The molecule has 1 aromatic rings. The van der Waals surface area contributed by atoms with Gasteiger partial charge in [-0.3, -0.25) is 0 Å². The van der Waals surface area contributed by atoms with Gasteiger partial charge in [-0.15, -0.1) is 0 Å². The molecule has 0 saturated heterocycles. The molecule has 0 bridgehead atoms. The van der Waals surface area contributed by atoms with Crippen LogP contribution in [-0.4, -0.2) is 19.6 Å². The number of rotatable bonds is 7. The minimum absolute atomic E-state index is 0.994. The zero-order valence-electron chi connectivity index (χ0n) is 8.92. The third kappa shape index (κ3) is 4.87. The molecule has 0 atom stereocenters. The molecule has 0 unspecified atom stereocenters. The second kappa shape index (κ2) is 7.39. The van der Waals surface area contributed by atoms with Crippen molar-refractivity contribution in [3.8, 4) is 0 Å². The largest absolute Gasteiger partial charge is 0.384 e. The van der Waals surface area contributed by atoms with Crippen LogP contribution in [0.4, 0.5) is 5.69 Å². The molecule has 1 rings (SSSR count). The molecule has 0 radical (unpaired) electrons. The van der Waals surface area contributed by atoms with Gasteiger partial charge in [-0.1, -0.05) is 31.5 Å². The summed E-state index contributed by atoms with van der Waals surface area (Å²) in [6.45, 7) is 5.37. The normalized spacial score (nSPS) is 10.1. The number of hydrogen-bond acceptors (Lipinski definition) is 2. The lowest BCUT2D eigenvalue weighted by Crippen LogP contribution is -2.22. The lowest BCUT2D eigenvalue weighted by atomic mass is 10.3. The van der Waals surface area contributed by atoms with Crippen molar-refractivity contribution < 1.29 is 0 Å². The van der Waals surface area contributed by atoms with E-state index in [0.717, 1.165) is 19.6 Å². The van der Waals surface area contributed by atoms with Crippen LogP contribution in [0.25, 0.3) is 0 Å². The topological polar surface area (TPSA) is 24.1 Å². The molecule has 0 aliphatic carbocycles. The first kappa shape index (κ1) is 11.1. The zero-order chi connectivity index (χ0) is 10.1. The molecular weight excluding hydrogens is 172 g/mol. The second-order valence-corrected chi connectivity index (χ2v) is 3.40. The van der Waals surface area contributed by atoms with Gasteiger partial charge in [0.15, 0.2) is 0 Å². The van der Waals surface area contributed by atoms with Crippen molar-refractivity contribution in [2.24, 2.45) is 0 Å². The Morgan fingerprint density at radius 3 is 2.50 bits per heavy atom. The fourth-order valence-corrected chi connectivity index (χ4v) is 1.28. The summed E-state index contributed by atoms with van der Waals surface area (Å²) in [6.07, 6.45) is 2.53. The van der Waals surface area contributed by atoms with Gasteiger partial charge in [-0.2, -0.15) is 0 Å². The standard InChI is InChI=1S/C12H20N2/c1-2-3-9-13-10-11-14-12-7-5-4-6-8-12/h4-8,13-14H,2-3,9-11H2,1H3. The quantitative estimate of drug-likeness (QED) is 0.649. The highest BCUT2D eigenvalue weighted by Crippen LogP contribution is 2.03. The molecule has 78 valence electrons. The first-order chi connectivity index (χ1) is 6.93. The molecule has 0 heterocycles. The van der Waals surface area contributed by atoms with E-state index < -0.39 is 0 Å². The van der Waals surface area contributed by atoms with Crippen LogP contribution >= 0.6 is 0 Å². The van der Waals surface area contributed by atoms with Gasteiger partial charge in [-0.25, -0.2) is 0 Å². The first-order valence-electron chi connectivity index (χ1n) is 5.43. The Hall–Kier alpha value is -1.02. The Bertz CT molecular complexity index is 221. The summed E-state index contributed by atoms with van der Waals surface area (Å²) >= 11 is 0. The van der Waals surface area contributed by atoms with Crippen LogP contribution < -0.4 is 10.6 Å². The van der Waals surface area contributed by atoms with Crippen LogP contribution in [0.1, 0.15) is 19.8 Å². The van der Waals surface area contributed by atoms with Crippen LogP contribution in [0.5, 0.6) is 0 Å². The van der Waals surface area contributed by atoms with E-state index in [1.165, 1.54) is 18.5 Å². The maximum absolute atomic E-state index is 3.39. The van der Waals surface area contributed by atoms with Crippen LogP contribution in [0.3, 0.4) is 0 Å². The molecule has 0 spiro atoms. The van der Waals surface area contributed by atoms with E-state index in [-0.39, 0.29) is 0 Å². The first-order valence-corrected chi connectivity index (χ1v) is 5.43. The maximum Gasteiger partial charge on any atom is 0.0340 e. The van der Waals surface area contributed by atoms with Crippen molar-refractivity contribution in [1.29, 1.82) is 0 Å². The van der Waals surface area contributed by atoms with Gasteiger partial charge >= 0.3 is 0 Å². The van der Waals surface area contributed by atoms with Gasteiger partial charge in [-0.05, 0) is 25.1 Å². The fraction of sp³-hybridized carbons (Fsp3) is 0.500. The van der Waals surface area contributed by atoms with E-state index in [9.17, 15) is 0 Å². The average Bonchev–Trinajstić information content (AvgIpc) is 2.25. The van der Waals surface area contributed by atoms with E-state index in [4.69, 9.17) is 0 Å². The summed E-state index contributed by atoms with van der Waals surface area (Å²) in [4.78, 5) is 0. The molecule has 0 aromatic heterocycles. The van der Waals surface area contributed by atoms with Crippen molar-refractivity contribution in [3.05, 3.63) is 30.3 Å². The summed E-state index contributed by atoms with van der Waals surface area (Å²) in [5, 5.41) is 6.75. The molecular formula is C12H20N2. The van der Waals surface area contributed by atoms with Crippen LogP contribution in [0.15, 0.2) is 30.3 Å². The average molecular weight is 192 g/mol. The van der Waals surface area contributed by atoms with Crippen molar-refractivity contribution in [3.63, 3.8) is 0 Å². The minimum Gasteiger partial charge on any atom is -0.384 e. The number of benzene rings is 1.